The van der Waals surface area contributed by atoms with E-state index in [0.29, 0.717) is 24.5 Å². The van der Waals surface area contributed by atoms with Crippen molar-refractivity contribution in [3.05, 3.63) is 119 Å². The number of carbonyl (C=O) groups is 1. The summed E-state index contributed by atoms with van der Waals surface area (Å²) in [6.45, 7) is 0.899. The fraction of sp³-hybridized carbons (Fsp3) is 0.133. The Kier molecular flexibility index (Phi) is 7.71. The SMILES string of the molecule is N#C/C(=C/c1ccccc1OCc1ccc2ccccc2c1)C(=O)NCCCc1ccccc1. The molecule has 0 aliphatic heterocycles. The van der Waals surface area contributed by atoms with E-state index < -0.39 is 0 Å². The Hall–Kier alpha value is -4.36. The van der Waals surface area contributed by atoms with E-state index in [-0.39, 0.29) is 11.5 Å². The average Bonchev–Trinajstić information content (AvgIpc) is 2.89. The van der Waals surface area contributed by atoms with Gasteiger partial charge in [-0.3, -0.25) is 4.79 Å². The lowest BCUT2D eigenvalue weighted by atomic mass is 10.1. The van der Waals surface area contributed by atoms with Crippen LogP contribution in [-0.4, -0.2) is 12.5 Å². The highest BCUT2D eigenvalue weighted by atomic mass is 16.5. The van der Waals surface area contributed by atoms with Crippen LogP contribution in [0.25, 0.3) is 16.8 Å². The number of nitrogens with one attached hydrogen (secondary N) is 1. The van der Waals surface area contributed by atoms with Crippen LogP contribution < -0.4 is 10.1 Å². The molecular formula is C30H26N2O2. The van der Waals surface area contributed by atoms with Gasteiger partial charge in [-0.2, -0.15) is 5.26 Å². The molecular weight excluding hydrogens is 420 g/mol. The molecule has 4 aromatic rings. The number of aryl methyl sites for hydroxylation is 1. The second-order valence-corrected chi connectivity index (χ2v) is 8.02. The van der Waals surface area contributed by atoms with Crippen molar-refractivity contribution in [2.75, 3.05) is 6.54 Å². The Bertz CT molecular complexity index is 1340. The lowest BCUT2D eigenvalue weighted by Gasteiger charge is -2.11. The summed E-state index contributed by atoms with van der Waals surface area (Å²) in [5.41, 5.74) is 3.03. The van der Waals surface area contributed by atoms with Crippen molar-refractivity contribution in [1.29, 1.82) is 5.26 Å². The Labute approximate surface area is 200 Å². The average molecular weight is 447 g/mol. The standard InChI is InChI=1S/C30H26N2O2/c31-21-28(30(33)32-18-8-11-23-9-2-1-3-10-23)20-27-14-6-7-15-29(27)34-22-24-16-17-25-12-4-5-13-26(25)19-24/h1-7,9-10,12-17,19-20H,8,11,18,22H2,(H,32,33)/b28-20-. The number of carbonyl (C=O) groups excluding carboxylic acids is 1. The summed E-state index contributed by atoms with van der Waals surface area (Å²) in [4.78, 5) is 12.6. The van der Waals surface area contributed by atoms with Gasteiger partial charge in [0, 0.05) is 12.1 Å². The first-order chi connectivity index (χ1) is 16.7. The highest BCUT2D eigenvalue weighted by Gasteiger charge is 2.11. The van der Waals surface area contributed by atoms with E-state index in [1.807, 2.05) is 66.7 Å². The molecule has 0 radical (unpaired) electrons. The van der Waals surface area contributed by atoms with Crippen LogP contribution in [0.5, 0.6) is 5.75 Å². The van der Waals surface area contributed by atoms with Gasteiger partial charge in [0.05, 0.1) is 0 Å². The highest BCUT2D eigenvalue weighted by molar-refractivity contribution is 6.02. The molecule has 0 fully saturated rings. The monoisotopic (exact) mass is 446 g/mol. The van der Waals surface area contributed by atoms with Crippen molar-refractivity contribution < 1.29 is 9.53 Å². The minimum atomic E-state index is -0.375. The maximum absolute atomic E-state index is 12.6. The summed E-state index contributed by atoms with van der Waals surface area (Å²) >= 11 is 0. The quantitative estimate of drug-likeness (QED) is 0.193. The molecule has 168 valence electrons. The van der Waals surface area contributed by atoms with Crippen LogP contribution in [0.1, 0.15) is 23.1 Å². The van der Waals surface area contributed by atoms with Crippen molar-refractivity contribution in [2.45, 2.75) is 19.4 Å². The molecule has 0 aliphatic carbocycles. The number of amides is 1. The third kappa shape index (κ3) is 6.11. The van der Waals surface area contributed by atoms with Crippen molar-refractivity contribution in [1.82, 2.24) is 5.32 Å². The number of hydrogen-bond acceptors (Lipinski definition) is 3. The fourth-order valence-corrected chi connectivity index (χ4v) is 3.76. The zero-order chi connectivity index (χ0) is 23.6. The summed E-state index contributed by atoms with van der Waals surface area (Å²) < 4.78 is 6.06. The van der Waals surface area contributed by atoms with Crippen molar-refractivity contribution in [3.63, 3.8) is 0 Å². The smallest absolute Gasteiger partial charge is 0.261 e. The van der Waals surface area contributed by atoms with E-state index in [2.05, 4.69) is 41.7 Å². The number of benzene rings is 4. The number of nitrogens with zero attached hydrogens (tertiary/aromatic N) is 1. The summed E-state index contributed by atoms with van der Waals surface area (Å²) in [7, 11) is 0. The number of para-hydroxylation sites is 1. The minimum absolute atomic E-state index is 0.0569. The van der Waals surface area contributed by atoms with Gasteiger partial charge in [0.25, 0.3) is 5.91 Å². The van der Waals surface area contributed by atoms with Crippen LogP contribution in [0.2, 0.25) is 0 Å². The fourth-order valence-electron chi connectivity index (χ4n) is 3.76. The maximum atomic E-state index is 12.6. The summed E-state index contributed by atoms with van der Waals surface area (Å²) in [6.07, 6.45) is 3.26. The van der Waals surface area contributed by atoms with E-state index in [1.165, 1.54) is 10.9 Å². The topological polar surface area (TPSA) is 62.1 Å². The molecule has 0 unspecified atom stereocenters. The van der Waals surface area contributed by atoms with Gasteiger partial charge in [0.2, 0.25) is 0 Å². The lowest BCUT2D eigenvalue weighted by molar-refractivity contribution is -0.117. The van der Waals surface area contributed by atoms with Gasteiger partial charge in [0.15, 0.2) is 0 Å². The number of fused-ring (bicyclic) bond motifs is 1. The molecule has 34 heavy (non-hydrogen) atoms. The van der Waals surface area contributed by atoms with Crippen LogP contribution in [-0.2, 0) is 17.8 Å². The van der Waals surface area contributed by atoms with E-state index in [1.54, 1.807) is 6.08 Å². The highest BCUT2D eigenvalue weighted by Crippen LogP contribution is 2.23. The van der Waals surface area contributed by atoms with E-state index in [0.717, 1.165) is 23.8 Å². The minimum Gasteiger partial charge on any atom is -0.488 e. The molecule has 1 amide bonds. The lowest BCUT2D eigenvalue weighted by Crippen LogP contribution is -2.25. The molecule has 4 rings (SSSR count). The normalized spacial score (nSPS) is 11.1. The maximum Gasteiger partial charge on any atom is 0.261 e. The second-order valence-electron chi connectivity index (χ2n) is 8.02. The molecule has 0 saturated heterocycles. The molecule has 1 N–H and O–H groups in total. The molecule has 0 bridgehead atoms. The zero-order valence-electron chi connectivity index (χ0n) is 18.9. The van der Waals surface area contributed by atoms with Gasteiger partial charge in [-0.05, 0) is 52.9 Å². The molecule has 4 aromatic carbocycles. The molecule has 4 heteroatoms. The molecule has 0 aromatic heterocycles. The first-order valence-electron chi connectivity index (χ1n) is 11.4. The number of ether oxygens (including phenoxy) is 1. The molecule has 0 aliphatic rings. The van der Waals surface area contributed by atoms with Crippen LogP contribution >= 0.6 is 0 Å². The van der Waals surface area contributed by atoms with Crippen LogP contribution in [0.15, 0.2) is 103 Å². The van der Waals surface area contributed by atoms with Gasteiger partial charge in [-0.15, -0.1) is 0 Å². The van der Waals surface area contributed by atoms with Crippen molar-refractivity contribution in [2.24, 2.45) is 0 Å². The molecule has 0 spiro atoms. The zero-order valence-corrected chi connectivity index (χ0v) is 18.9. The van der Waals surface area contributed by atoms with E-state index >= 15 is 0 Å². The van der Waals surface area contributed by atoms with Crippen LogP contribution in [0.4, 0.5) is 0 Å². The third-order valence-electron chi connectivity index (χ3n) is 5.56. The third-order valence-corrected chi connectivity index (χ3v) is 5.56. The Morgan fingerprint density at radius 3 is 2.41 bits per heavy atom. The first-order valence-corrected chi connectivity index (χ1v) is 11.4. The van der Waals surface area contributed by atoms with Crippen LogP contribution in [0.3, 0.4) is 0 Å². The van der Waals surface area contributed by atoms with E-state index in [9.17, 15) is 10.1 Å². The number of hydrogen-bond donors (Lipinski definition) is 1. The summed E-state index contributed by atoms with van der Waals surface area (Å²) in [5, 5.41) is 14.8. The summed E-state index contributed by atoms with van der Waals surface area (Å²) in [6, 6.07) is 34.0. The molecule has 0 heterocycles. The second kappa shape index (κ2) is 11.5. The van der Waals surface area contributed by atoms with Gasteiger partial charge < -0.3 is 10.1 Å². The van der Waals surface area contributed by atoms with Crippen molar-refractivity contribution >= 4 is 22.8 Å². The van der Waals surface area contributed by atoms with Crippen molar-refractivity contribution in [3.8, 4) is 11.8 Å². The number of rotatable bonds is 9. The Morgan fingerprint density at radius 1 is 0.853 bits per heavy atom. The van der Waals surface area contributed by atoms with Gasteiger partial charge in [0.1, 0.15) is 24.0 Å². The largest absolute Gasteiger partial charge is 0.488 e. The Balaban J connectivity index is 1.38. The Morgan fingerprint density at radius 2 is 1.59 bits per heavy atom. The van der Waals surface area contributed by atoms with E-state index in [4.69, 9.17) is 4.74 Å². The molecule has 4 nitrogen and oxygen atoms in total. The molecule has 0 atom stereocenters. The predicted molar refractivity (Wildman–Crippen MR) is 136 cm³/mol. The number of nitriles is 1. The first kappa shape index (κ1) is 22.8. The van der Waals surface area contributed by atoms with Gasteiger partial charge >= 0.3 is 0 Å². The predicted octanol–water partition coefficient (Wildman–Crippen LogP) is 6.07. The molecule has 0 saturated carbocycles. The van der Waals surface area contributed by atoms with Gasteiger partial charge in [-0.1, -0.05) is 84.9 Å². The van der Waals surface area contributed by atoms with Gasteiger partial charge in [-0.25, -0.2) is 0 Å². The summed E-state index contributed by atoms with van der Waals surface area (Å²) in [5.74, 6) is 0.250. The van der Waals surface area contributed by atoms with Crippen LogP contribution in [0, 0.1) is 11.3 Å².